The number of piperazine rings is 1. The molecular weight excluding hydrogens is 444 g/mol. The SMILES string of the molecule is Cc1ccc(Cl)cc1N1CCN(c2ccc3cc(S(=O)(=O)N4CCCC4)ccc3n2)CC1. The molecule has 2 aliphatic rings. The van der Waals surface area contributed by atoms with Gasteiger partial charge in [-0.15, -0.1) is 0 Å². The third-order valence-electron chi connectivity index (χ3n) is 6.46. The van der Waals surface area contributed by atoms with Gasteiger partial charge in [-0.05, 0) is 67.8 Å². The molecule has 3 heterocycles. The number of nitrogens with zero attached hydrogens (tertiary/aromatic N) is 4. The smallest absolute Gasteiger partial charge is 0.243 e. The molecule has 0 spiro atoms. The second-order valence-electron chi connectivity index (χ2n) is 8.54. The Bertz CT molecular complexity index is 1250. The Balaban J connectivity index is 1.33. The lowest BCUT2D eigenvalue weighted by molar-refractivity contribution is 0.477. The number of anilines is 2. The molecule has 2 fully saturated rings. The highest BCUT2D eigenvalue weighted by Crippen LogP contribution is 2.28. The predicted octanol–water partition coefficient (Wildman–Crippen LogP) is 4.31. The van der Waals surface area contributed by atoms with Gasteiger partial charge in [0.2, 0.25) is 10.0 Å². The molecule has 6 nitrogen and oxygen atoms in total. The van der Waals surface area contributed by atoms with Crippen LogP contribution in [0.5, 0.6) is 0 Å². The molecule has 0 unspecified atom stereocenters. The number of aromatic nitrogens is 1. The fraction of sp³-hybridized carbons (Fsp3) is 0.375. The van der Waals surface area contributed by atoms with Crippen molar-refractivity contribution in [1.29, 1.82) is 0 Å². The van der Waals surface area contributed by atoms with Crippen LogP contribution in [0.2, 0.25) is 5.02 Å². The van der Waals surface area contributed by atoms with Crippen LogP contribution in [0.4, 0.5) is 11.5 Å². The van der Waals surface area contributed by atoms with Crippen LogP contribution in [-0.2, 0) is 10.0 Å². The van der Waals surface area contributed by atoms with Crippen LogP contribution < -0.4 is 9.80 Å². The fourth-order valence-corrected chi connectivity index (χ4v) is 6.33. The third-order valence-corrected chi connectivity index (χ3v) is 8.59. The maximum Gasteiger partial charge on any atom is 0.243 e. The van der Waals surface area contributed by atoms with E-state index in [4.69, 9.17) is 16.6 Å². The average Bonchev–Trinajstić information content (AvgIpc) is 3.36. The van der Waals surface area contributed by atoms with Gasteiger partial charge in [0.05, 0.1) is 10.4 Å². The summed E-state index contributed by atoms with van der Waals surface area (Å²) in [5, 5.41) is 1.61. The summed E-state index contributed by atoms with van der Waals surface area (Å²) in [5.74, 6) is 0.926. The number of fused-ring (bicyclic) bond motifs is 1. The van der Waals surface area contributed by atoms with Crippen molar-refractivity contribution in [1.82, 2.24) is 9.29 Å². The molecule has 2 saturated heterocycles. The molecule has 0 amide bonds. The van der Waals surface area contributed by atoms with Crippen LogP contribution in [0.3, 0.4) is 0 Å². The van der Waals surface area contributed by atoms with Crippen molar-refractivity contribution in [3.63, 3.8) is 0 Å². The molecule has 2 aliphatic heterocycles. The van der Waals surface area contributed by atoms with E-state index in [9.17, 15) is 8.42 Å². The van der Waals surface area contributed by atoms with Crippen molar-refractivity contribution in [2.75, 3.05) is 49.1 Å². The van der Waals surface area contributed by atoms with Crippen LogP contribution >= 0.6 is 11.6 Å². The summed E-state index contributed by atoms with van der Waals surface area (Å²) in [7, 11) is -3.42. The second-order valence-corrected chi connectivity index (χ2v) is 10.9. The summed E-state index contributed by atoms with van der Waals surface area (Å²) in [5.41, 5.74) is 3.23. The number of aryl methyl sites for hydroxylation is 1. The number of pyridine rings is 1. The molecule has 0 radical (unpaired) electrons. The van der Waals surface area contributed by atoms with E-state index < -0.39 is 10.0 Å². The van der Waals surface area contributed by atoms with E-state index in [0.717, 1.165) is 60.8 Å². The molecule has 1 aromatic heterocycles. The summed E-state index contributed by atoms with van der Waals surface area (Å²) < 4.78 is 27.3. The van der Waals surface area contributed by atoms with Crippen LogP contribution in [0.1, 0.15) is 18.4 Å². The van der Waals surface area contributed by atoms with Crippen molar-refractivity contribution < 1.29 is 8.42 Å². The van der Waals surface area contributed by atoms with Gasteiger partial charge in [0, 0.05) is 55.4 Å². The molecule has 0 bridgehead atoms. The molecule has 2 aromatic carbocycles. The Hall–Kier alpha value is -2.35. The summed E-state index contributed by atoms with van der Waals surface area (Å²) in [6.45, 7) is 6.86. The Labute approximate surface area is 194 Å². The zero-order chi connectivity index (χ0) is 22.3. The van der Waals surface area contributed by atoms with Gasteiger partial charge in [0.25, 0.3) is 0 Å². The Morgan fingerprint density at radius 1 is 0.844 bits per heavy atom. The number of rotatable bonds is 4. The minimum absolute atomic E-state index is 0.354. The Morgan fingerprint density at radius 2 is 1.56 bits per heavy atom. The van der Waals surface area contributed by atoms with E-state index in [1.54, 1.807) is 16.4 Å². The lowest BCUT2D eigenvalue weighted by Crippen LogP contribution is -2.47. The second kappa shape index (κ2) is 8.54. The highest BCUT2D eigenvalue weighted by molar-refractivity contribution is 7.89. The van der Waals surface area contributed by atoms with Crippen LogP contribution in [0.15, 0.2) is 53.4 Å². The maximum absolute atomic E-state index is 12.9. The first-order chi connectivity index (χ1) is 15.4. The van der Waals surface area contributed by atoms with Gasteiger partial charge in [-0.2, -0.15) is 4.31 Å². The summed E-state index contributed by atoms with van der Waals surface area (Å²) in [6.07, 6.45) is 1.86. The average molecular weight is 471 g/mol. The number of hydrogen-bond donors (Lipinski definition) is 0. The van der Waals surface area contributed by atoms with E-state index in [1.807, 2.05) is 30.3 Å². The number of sulfonamides is 1. The van der Waals surface area contributed by atoms with Gasteiger partial charge < -0.3 is 9.80 Å². The van der Waals surface area contributed by atoms with Crippen LogP contribution in [0, 0.1) is 6.92 Å². The van der Waals surface area contributed by atoms with E-state index >= 15 is 0 Å². The standard InChI is InChI=1S/C24H27ClN4O2S/c1-18-4-6-20(25)17-23(18)27-12-14-28(15-13-27)24-9-5-19-16-21(7-8-22(19)26-24)32(30,31)29-10-2-3-11-29/h4-9,16-17H,2-3,10-15H2,1H3. The van der Waals surface area contributed by atoms with Crippen molar-refractivity contribution in [2.45, 2.75) is 24.7 Å². The van der Waals surface area contributed by atoms with Crippen molar-refractivity contribution in [3.05, 3.63) is 59.1 Å². The van der Waals surface area contributed by atoms with E-state index in [-0.39, 0.29) is 0 Å². The van der Waals surface area contributed by atoms with Crippen molar-refractivity contribution >= 4 is 44.0 Å². The predicted molar refractivity (Wildman–Crippen MR) is 130 cm³/mol. The van der Waals surface area contributed by atoms with E-state index in [0.29, 0.717) is 18.0 Å². The number of benzene rings is 2. The third kappa shape index (κ3) is 4.05. The summed E-state index contributed by atoms with van der Waals surface area (Å²) in [6, 6.07) is 15.3. The lowest BCUT2D eigenvalue weighted by Gasteiger charge is -2.37. The molecule has 168 valence electrons. The maximum atomic E-state index is 12.9. The number of hydrogen-bond acceptors (Lipinski definition) is 5. The summed E-state index contributed by atoms with van der Waals surface area (Å²) >= 11 is 6.20. The fourth-order valence-electron chi connectivity index (χ4n) is 4.61. The minimum Gasteiger partial charge on any atom is -0.368 e. The normalized spacial score (nSPS) is 17.9. The molecule has 5 rings (SSSR count). The molecular formula is C24H27ClN4O2S. The largest absolute Gasteiger partial charge is 0.368 e. The van der Waals surface area contributed by atoms with Gasteiger partial charge in [-0.1, -0.05) is 17.7 Å². The first-order valence-electron chi connectivity index (χ1n) is 11.1. The van der Waals surface area contributed by atoms with Gasteiger partial charge in [0.15, 0.2) is 0 Å². The molecule has 0 N–H and O–H groups in total. The topological polar surface area (TPSA) is 56.8 Å². The quantitative estimate of drug-likeness (QED) is 0.568. The van der Waals surface area contributed by atoms with Crippen molar-refractivity contribution in [3.8, 4) is 0 Å². The lowest BCUT2D eigenvalue weighted by atomic mass is 10.1. The highest BCUT2D eigenvalue weighted by atomic mass is 35.5. The highest BCUT2D eigenvalue weighted by Gasteiger charge is 2.27. The Morgan fingerprint density at radius 3 is 2.31 bits per heavy atom. The number of halogens is 1. The Kier molecular flexibility index (Phi) is 5.73. The van der Waals surface area contributed by atoms with E-state index in [1.165, 1.54) is 11.3 Å². The minimum atomic E-state index is -3.42. The zero-order valence-corrected chi connectivity index (χ0v) is 19.7. The molecule has 0 atom stereocenters. The monoisotopic (exact) mass is 470 g/mol. The van der Waals surface area contributed by atoms with Gasteiger partial charge >= 0.3 is 0 Å². The first-order valence-corrected chi connectivity index (χ1v) is 12.9. The zero-order valence-electron chi connectivity index (χ0n) is 18.2. The molecule has 0 aliphatic carbocycles. The molecule has 8 heteroatoms. The van der Waals surface area contributed by atoms with Gasteiger partial charge in [-0.25, -0.2) is 13.4 Å². The van der Waals surface area contributed by atoms with Crippen LogP contribution in [0.25, 0.3) is 10.9 Å². The van der Waals surface area contributed by atoms with Gasteiger partial charge in [0.1, 0.15) is 5.82 Å². The van der Waals surface area contributed by atoms with Gasteiger partial charge in [-0.3, -0.25) is 0 Å². The molecule has 0 saturated carbocycles. The molecule has 32 heavy (non-hydrogen) atoms. The summed E-state index contributed by atoms with van der Waals surface area (Å²) in [4.78, 5) is 9.83. The first kappa shape index (κ1) is 21.5. The van der Waals surface area contributed by atoms with Crippen molar-refractivity contribution in [2.24, 2.45) is 0 Å². The van der Waals surface area contributed by atoms with Crippen LogP contribution in [-0.4, -0.2) is 57.0 Å². The van der Waals surface area contributed by atoms with E-state index in [2.05, 4.69) is 22.8 Å². The molecule has 3 aromatic rings.